The molecule has 6 aromatic heterocycles. The molecule has 7 aromatic rings. The van der Waals surface area contributed by atoms with Gasteiger partial charge in [-0.1, -0.05) is 46.9 Å². The molecule has 0 saturated heterocycles. The van der Waals surface area contributed by atoms with Gasteiger partial charge in [-0.25, -0.2) is 0 Å². The fourth-order valence-corrected chi connectivity index (χ4v) is 5.27. The topological polar surface area (TPSA) is 112 Å². The van der Waals surface area contributed by atoms with Crippen LogP contribution in [0.15, 0.2) is 73.3 Å². The van der Waals surface area contributed by atoms with Gasteiger partial charge in [0.25, 0.3) is 0 Å². The summed E-state index contributed by atoms with van der Waals surface area (Å²) in [6, 6.07) is 15.7. The van der Waals surface area contributed by atoms with E-state index >= 15 is 0 Å². The molecule has 6 heterocycles. The van der Waals surface area contributed by atoms with Crippen molar-refractivity contribution >= 4 is 32.6 Å². The Hall–Kier alpha value is -4.42. The van der Waals surface area contributed by atoms with Crippen LogP contribution in [0.4, 0.5) is 0 Å². The zero-order chi connectivity index (χ0) is 22.5. The van der Waals surface area contributed by atoms with Crippen molar-refractivity contribution in [2.75, 3.05) is 0 Å². The molecule has 162 valence electrons. The van der Waals surface area contributed by atoms with Crippen molar-refractivity contribution < 1.29 is 0 Å². The summed E-state index contributed by atoms with van der Waals surface area (Å²) in [5, 5.41) is 28.3. The Balaban J connectivity index is 1.22. The van der Waals surface area contributed by atoms with Crippen LogP contribution in [0, 0.1) is 0 Å². The van der Waals surface area contributed by atoms with Crippen LogP contribution in [0.2, 0.25) is 0 Å². The Morgan fingerprint density at radius 1 is 0.471 bits per heavy atom. The molecule has 0 bridgehead atoms. The molecule has 10 nitrogen and oxygen atoms in total. The second-order valence-corrected chi connectivity index (χ2v) is 9.21. The second-order valence-electron chi connectivity index (χ2n) is 7.30. The van der Waals surface area contributed by atoms with Gasteiger partial charge in [-0.2, -0.15) is 19.2 Å². The first-order chi connectivity index (χ1) is 16.8. The summed E-state index contributed by atoms with van der Waals surface area (Å²) in [5.41, 5.74) is 3.84. The van der Waals surface area contributed by atoms with Crippen LogP contribution in [0.3, 0.4) is 0 Å². The van der Waals surface area contributed by atoms with Gasteiger partial charge in [0.2, 0.25) is 9.92 Å². The number of aromatic nitrogens is 10. The molecule has 0 aliphatic rings. The van der Waals surface area contributed by atoms with E-state index < -0.39 is 0 Å². The molecule has 0 radical (unpaired) electrons. The minimum Gasteiger partial charge on any atom is -0.265 e. The summed E-state index contributed by atoms with van der Waals surface area (Å²) in [6.07, 6.45) is 6.92. The van der Waals surface area contributed by atoms with Gasteiger partial charge in [0.05, 0.1) is 0 Å². The molecule has 0 saturated carbocycles. The summed E-state index contributed by atoms with van der Waals surface area (Å²) in [6.45, 7) is 0. The van der Waals surface area contributed by atoms with Crippen LogP contribution >= 0.6 is 22.7 Å². The zero-order valence-corrected chi connectivity index (χ0v) is 18.8. The molecule has 0 aliphatic heterocycles. The number of pyridine rings is 2. The summed E-state index contributed by atoms with van der Waals surface area (Å²) in [5.74, 6) is 1.39. The maximum absolute atomic E-state index is 4.74. The lowest BCUT2D eigenvalue weighted by Gasteiger charge is -1.99. The van der Waals surface area contributed by atoms with E-state index in [-0.39, 0.29) is 0 Å². The van der Waals surface area contributed by atoms with Crippen molar-refractivity contribution in [2.45, 2.75) is 0 Å². The molecular weight excluding hydrogens is 468 g/mol. The van der Waals surface area contributed by atoms with Crippen molar-refractivity contribution in [2.24, 2.45) is 0 Å². The van der Waals surface area contributed by atoms with Crippen LogP contribution in [0.5, 0.6) is 0 Å². The highest BCUT2D eigenvalue weighted by molar-refractivity contribution is 7.20. The van der Waals surface area contributed by atoms with E-state index in [1.54, 1.807) is 33.8 Å². The van der Waals surface area contributed by atoms with Gasteiger partial charge in [-0.3, -0.25) is 9.97 Å². The predicted molar refractivity (Wildman–Crippen MR) is 128 cm³/mol. The van der Waals surface area contributed by atoms with Crippen LogP contribution in [0.25, 0.3) is 53.8 Å². The van der Waals surface area contributed by atoms with Gasteiger partial charge in [0.1, 0.15) is 10.0 Å². The molecule has 0 amide bonds. The van der Waals surface area contributed by atoms with Crippen molar-refractivity contribution in [1.82, 2.24) is 49.6 Å². The molecule has 0 aliphatic carbocycles. The Morgan fingerprint density at radius 3 is 1.29 bits per heavy atom. The Bertz CT molecular complexity index is 1620. The van der Waals surface area contributed by atoms with Crippen molar-refractivity contribution in [3.63, 3.8) is 0 Å². The highest BCUT2D eigenvalue weighted by Gasteiger charge is 2.16. The average Bonchev–Trinajstić information content (AvgIpc) is 3.66. The normalized spacial score (nSPS) is 11.5. The number of hydrogen-bond donors (Lipinski definition) is 0. The smallest absolute Gasteiger partial charge is 0.235 e. The number of fused-ring (bicyclic) bond motifs is 2. The quantitative estimate of drug-likeness (QED) is 0.369. The van der Waals surface area contributed by atoms with E-state index in [1.807, 2.05) is 48.5 Å². The molecule has 0 fully saturated rings. The first-order valence-electron chi connectivity index (χ1n) is 10.2. The molecule has 0 atom stereocenters. The first-order valence-corrected chi connectivity index (χ1v) is 11.8. The highest BCUT2D eigenvalue weighted by atomic mass is 32.1. The standard InChI is InChI=1S/C22H12N10S2/c1-2-16(20-30-32-18(26-28-22(32)34-20)14-7-11-24-12-8-14)4-3-15(1)19-29-31-17(25-27-21(31)33-19)13-5-9-23-10-6-13/h1-12H. The molecule has 0 spiro atoms. The number of nitrogens with zero attached hydrogens (tertiary/aromatic N) is 10. The number of rotatable bonds is 4. The van der Waals surface area contributed by atoms with Crippen molar-refractivity contribution in [3.8, 4) is 43.9 Å². The van der Waals surface area contributed by atoms with E-state index in [1.165, 1.54) is 22.7 Å². The van der Waals surface area contributed by atoms with Crippen LogP contribution in [-0.4, -0.2) is 49.6 Å². The van der Waals surface area contributed by atoms with Gasteiger partial charge in [-0.05, 0) is 24.3 Å². The lowest BCUT2D eigenvalue weighted by Crippen LogP contribution is -1.91. The van der Waals surface area contributed by atoms with Crippen LogP contribution in [0.1, 0.15) is 0 Å². The van der Waals surface area contributed by atoms with E-state index in [0.717, 1.165) is 42.2 Å². The monoisotopic (exact) mass is 480 g/mol. The number of hydrogen-bond acceptors (Lipinski definition) is 10. The Labute approximate surface area is 199 Å². The summed E-state index contributed by atoms with van der Waals surface area (Å²) in [7, 11) is 0. The highest BCUT2D eigenvalue weighted by Crippen LogP contribution is 2.32. The Kier molecular flexibility index (Phi) is 4.25. The van der Waals surface area contributed by atoms with E-state index in [9.17, 15) is 0 Å². The molecule has 0 N–H and O–H groups in total. The summed E-state index contributed by atoms with van der Waals surface area (Å²) >= 11 is 2.99. The first kappa shape index (κ1) is 19.1. The van der Waals surface area contributed by atoms with Gasteiger partial charge < -0.3 is 0 Å². The van der Waals surface area contributed by atoms with E-state index in [0.29, 0.717) is 11.6 Å². The minimum absolute atomic E-state index is 0.696. The van der Waals surface area contributed by atoms with Crippen LogP contribution < -0.4 is 0 Å². The molecular formula is C22H12N10S2. The molecule has 0 unspecified atom stereocenters. The fourth-order valence-electron chi connectivity index (χ4n) is 3.58. The van der Waals surface area contributed by atoms with Gasteiger partial charge in [-0.15, -0.1) is 20.4 Å². The van der Waals surface area contributed by atoms with Crippen LogP contribution in [-0.2, 0) is 0 Å². The average molecular weight is 481 g/mol. The lowest BCUT2D eigenvalue weighted by molar-refractivity contribution is 0.968. The maximum Gasteiger partial charge on any atom is 0.235 e. The lowest BCUT2D eigenvalue weighted by atomic mass is 10.1. The van der Waals surface area contributed by atoms with Gasteiger partial charge in [0, 0.05) is 47.0 Å². The zero-order valence-electron chi connectivity index (χ0n) is 17.2. The molecule has 34 heavy (non-hydrogen) atoms. The summed E-state index contributed by atoms with van der Waals surface area (Å²) < 4.78 is 3.54. The van der Waals surface area contributed by atoms with E-state index in [4.69, 9.17) is 10.2 Å². The second kappa shape index (κ2) is 7.57. The Morgan fingerprint density at radius 2 is 0.882 bits per heavy atom. The van der Waals surface area contributed by atoms with Crippen molar-refractivity contribution in [3.05, 3.63) is 73.3 Å². The van der Waals surface area contributed by atoms with Crippen molar-refractivity contribution in [1.29, 1.82) is 0 Å². The fraction of sp³-hybridized carbons (Fsp3) is 0. The van der Waals surface area contributed by atoms with Gasteiger partial charge >= 0.3 is 0 Å². The van der Waals surface area contributed by atoms with Gasteiger partial charge in [0.15, 0.2) is 11.6 Å². The number of benzene rings is 1. The maximum atomic E-state index is 4.74. The largest absolute Gasteiger partial charge is 0.265 e. The third-order valence-corrected chi connectivity index (χ3v) is 7.13. The molecule has 12 heteroatoms. The third kappa shape index (κ3) is 3.08. The predicted octanol–water partition coefficient (Wildman–Crippen LogP) is 4.14. The molecule has 7 rings (SSSR count). The molecule has 1 aromatic carbocycles. The SMILES string of the molecule is c1cc(-c2nnc3sc(-c4ccc(-c5nn6c(-c7ccncc7)nnc6s5)cc4)nn23)ccn1. The van der Waals surface area contributed by atoms with E-state index in [2.05, 4.69) is 30.4 Å². The summed E-state index contributed by atoms with van der Waals surface area (Å²) in [4.78, 5) is 9.60. The minimum atomic E-state index is 0.696. The third-order valence-electron chi connectivity index (χ3n) is 5.24.